The number of aryl methyl sites for hydroxylation is 1. The van der Waals surface area contributed by atoms with Crippen molar-refractivity contribution in [2.75, 3.05) is 18.9 Å². The lowest BCUT2D eigenvalue weighted by Gasteiger charge is -2.17. The fourth-order valence-corrected chi connectivity index (χ4v) is 3.63. The van der Waals surface area contributed by atoms with Gasteiger partial charge in [0.05, 0.1) is 11.4 Å². The summed E-state index contributed by atoms with van der Waals surface area (Å²) in [6.07, 6.45) is 0. The first-order valence-electron chi connectivity index (χ1n) is 7.74. The van der Waals surface area contributed by atoms with Crippen molar-refractivity contribution < 1.29 is 18.0 Å². The molecule has 8 heteroatoms. The summed E-state index contributed by atoms with van der Waals surface area (Å²) >= 11 is 3.38. The van der Waals surface area contributed by atoms with E-state index < -0.39 is 15.9 Å². The first kappa shape index (κ1) is 20.3. The van der Waals surface area contributed by atoms with Gasteiger partial charge in [0, 0.05) is 22.8 Å². The van der Waals surface area contributed by atoms with Gasteiger partial charge >= 0.3 is 0 Å². The third-order valence-corrected chi connectivity index (χ3v) is 6.48. The molecule has 138 valence electrons. The summed E-state index contributed by atoms with van der Waals surface area (Å²) in [4.78, 5) is 23.5. The predicted octanol–water partition coefficient (Wildman–Crippen LogP) is 3.22. The Morgan fingerprint density at radius 1 is 1.12 bits per heavy atom. The predicted molar refractivity (Wildman–Crippen MR) is 104 cm³/mol. The summed E-state index contributed by atoms with van der Waals surface area (Å²) < 4.78 is 27.0. The Bertz CT molecular complexity index is 940. The van der Waals surface area contributed by atoms with Gasteiger partial charge in [-0.05, 0) is 49.7 Å². The molecule has 0 fully saturated rings. The first-order chi connectivity index (χ1) is 12.1. The maximum Gasteiger partial charge on any atom is 0.243 e. The zero-order valence-electron chi connectivity index (χ0n) is 14.6. The quantitative estimate of drug-likeness (QED) is 0.701. The van der Waals surface area contributed by atoms with Crippen LogP contribution >= 0.6 is 15.9 Å². The highest BCUT2D eigenvalue weighted by atomic mass is 79.9. The average Bonchev–Trinajstić information content (AvgIpc) is 2.58. The van der Waals surface area contributed by atoms with Crippen LogP contribution < -0.4 is 5.32 Å². The zero-order chi connectivity index (χ0) is 19.5. The molecule has 0 aliphatic carbocycles. The van der Waals surface area contributed by atoms with Crippen LogP contribution in [0.15, 0.2) is 51.8 Å². The van der Waals surface area contributed by atoms with E-state index in [-0.39, 0.29) is 17.2 Å². The maximum atomic E-state index is 12.6. The Hall–Kier alpha value is -2.03. The molecule has 0 saturated carbocycles. The number of Topliss-reactive ketones (excluding diaryl/α,β-unsaturated/α-hetero) is 1. The Morgan fingerprint density at radius 2 is 1.73 bits per heavy atom. The largest absolute Gasteiger partial charge is 0.325 e. The van der Waals surface area contributed by atoms with Gasteiger partial charge in [0.15, 0.2) is 5.78 Å². The van der Waals surface area contributed by atoms with Gasteiger partial charge in [0.25, 0.3) is 0 Å². The molecular formula is C18H19BrN2O4S. The second-order valence-electron chi connectivity index (χ2n) is 5.85. The van der Waals surface area contributed by atoms with Crippen LogP contribution in [-0.2, 0) is 14.8 Å². The molecule has 2 aromatic rings. The van der Waals surface area contributed by atoms with Crippen molar-refractivity contribution in [1.29, 1.82) is 0 Å². The van der Waals surface area contributed by atoms with Crippen LogP contribution in [0.3, 0.4) is 0 Å². The number of hydrogen-bond acceptors (Lipinski definition) is 4. The number of amides is 1. The molecule has 0 saturated heterocycles. The molecule has 6 nitrogen and oxygen atoms in total. The van der Waals surface area contributed by atoms with Crippen LogP contribution in [0.5, 0.6) is 0 Å². The average molecular weight is 439 g/mol. The normalized spacial score (nSPS) is 11.4. The number of halogens is 1. The van der Waals surface area contributed by atoms with Gasteiger partial charge in [0.2, 0.25) is 15.9 Å². The molecule has 1 N–H and O–H groups in total. The molecule has 26 heavy (non-hydrogen) atoms. The Morgan fingerprint density at radius 3 is 2.27 bits per heavy atom. The highest BCUT2D eigenvalue weighted by Crippen LogP contribution is 2.20. The van der Waals surface area contributed by atoms with Crippen LogP contribution in [0.1, 0.15) is 22.8 Å². The van der Waals surface area contributed by atoms with E-state index in [9.17, 15) is 18.0 Å². The van der Waals surface area contributed by atoms with Crippen molar-refractivity contribution in [3.63, 3.8) is 0 Å². The second kappa shape index (κ2) is 8.11. The number of nitrogens with one attached hydrogen (secondary N) is 1. The minimum Gasteiger partial charge on any atom is -0.325 e. The van der Waals surface area contributed by atoms with Gasteiger partial charge in [-0.15, -0.1) is 0 Å². The molecule has 0 atom stereocenters. The van der Waals surface area contributed by atoms with Crippen molar-refractivity contribution in [3.05, 3.63) is 58.1 Å². The highest BCUT2D eigenvalue weighted by Gasteiger charge is 2.23. The number of carbonyl (C=O) groups is 2. The molecule has 0 spiro atoms. The topological polar surface area (TPSA) is 83.6 Å². The SMILES string of the molecule is CC(=O)c1ccc(S(=O)(=O)N(C)CC(=O)Nc2ccc(Br)c(C)c2)cc1. The van der Waals surface area contributed by atoms with Crippen molar-refractivity contribution in [1.82, 2.24) is 4.31 Å². The van der Waals surface area contributed by atoms with Gasteiger partial charge in [-0.1, -0.05) is 28.1 Å². The lowest BCUT2D eigenvalue weighted by molar-refractivity contribution is -0.116. The van der Waals surface area contributed by atoms with Crippen LogP contribution in [0, 0.1) is 6.92 Å². The molecule has 0 radical (unpaired) electrons. The molecule has 0 bridgehead atoms. The Kier molecular flexibility index (Phi) is 6.33. The molecule has 0 aliphatic rings. The van der Waals surface area contributed by atoms with E-state index in [4.69, 9.17) is 0 Å². The van der Waals surface area contributed by atoms with Gasteiger partial charge in [-0.25, -0.2) is 8.42 Å². The van der Waals surface area contributed by atoms with E-state index in [2.05, 4.69) is 21.2 Å². The van der Waals surface area contributed by atoms with E-state index in [1.807, 2.05) is 13.0 Å². The summed E-state index contributed by atoms with van der Waals surface area (Å²) in [5, 5.41) is 2.68. The first-order valence-corrected chi connectivity index (χ1v) is 9.98. The molecule has 1 amide bonds. The minimum atomic E-state index is -3.83. The molecule has 0 heterocycles. The number of anilines is 1. The fraction of sp³-hybridized carbons (Fsp3) is 0.222. The number of rotatable bonds is 6. The van der Waals surface area contributed by atoms with Crippen molar-refractivity contribution in [2.45, 2.75) is 18.7 Å². The Labute approximate surface area is 161 Å². The van der Waals surface area contributed by atoms with Gasteiger partial charge in [-0.2, -0.15) is 4.31 Å². The summed E-state index contributed by atoms with van der Waals surface area (Å²) in [5.74, 6) is -0.593. The summed E-state index contributed by atoms with van der Waals surface area (Å²) in [7, 11) is -2.50. The summed E-state index contributed by atoms with van der Waals surface area (Å²) in [5.41, 5.74) is 1.97. The lowest BCUT2D eigenvalue weighted by atomic mass is 10.2. The molecule has 2 rings (SSSR count). The van der Waals surface area contributed by atoms with E-state index >= 15 is 0 Å². The van der Waals surface area contributed by atoms with Gasteiger partial charge < -0.3 is 5.32 Å². The fourth-order valence-electron chi connectivity index (χ4n) is 2.25. The standard InChI is InChI=1S/C18H19BrN2O4S/c1-12-10-15(6-9-17(12)19)20-18(23)11-21(3)26(24,25)16-7-4-14(5-8-16)13(2)22/h4-10H,11H2,1-3H3,(H,20,23). The highest BCUT2D eigenvalue weighted by molar-refractivity contribution is 9.10. The number of hydrogen-bond donors (Lipinski definition) is 1. The van der Waals surface area contributed by atoms with E-state index in [0.29, 0.717) is 11.3 Å². The third kappa shape index (κ3) is 4.78. The lowest BCUT2D eigenvalue weighted by Crippen LogP contribution is -2.35. The molecule has 0 aromatic heterocycles. The molecule has 0 unspecified atom stereocenters. The van der Waals surface area contributed by atoms with Crippen molar-refractivity contribution in [3.8, 4) is 0 Å². The van der Waals surface area contributed by atoms with Crippen molar-refractivity contribution in [2.24, 2.45) is 0 Å². The number of carbonyl (C=O) groups excluding carboxylic acids is 2. The number of sulfonamides is 1. The molecular weight excluding hydrogens is 420 g/mol. The number of benzene rings is 2. The number of nitrogens with zero attached hydrogens (tertiary/aromatic N) is 1. The zero-order valence-corrected chi connectivity index (χ0v) is 17.0. The summed E-state index contributed by atoms with van der Waals surface area (Å²) in [6, 6.07) is 10.9. The Balaban J connectivity index is 2.09. The van der Waals surface area contributed by atoms with Gasteiger partial charge in [0.1, 0.15) is 0 Å². The van der Waals surface area contributed by atoms with E-state index in [0.717, 1.165) is 14.3 Å². The maximum absolute atomic E-state index is 12.6. The van der Waals surface area contributed by atoms with Crippen LogP contribution in [0.2, 0.25) is 0 Å². The second-order valence-corrected chi connectivity index (χ2v) is 8.75. The smallest absolute Gasteiger partial charge is 0.243 e. The monoisotopic (exact) mass is 438 g/mol. The van der Waals surface area contributed by atoms with Crippen LogP contribution in [0.4, 0.5) is 5.69 Å². The van der Waals surface area contributed by atoms with E-state index in [1.54, 1.807) is 12.1 Å². The van der Waals surface area contributed by atoms with E-state index in [1.165, 1.54) is 38.2 Å². The number of ketones is 1. The molecule has 2 aromatic carbocycles. The van der Waals surface area contributed by atoms with Crippen LogP contribution in [0.25, 0.3) is 0 Å². The molecule has 0 aliphatic heterocycles. The number of likely N-dealkylation sites (N-methyl/N-ethyl adjacent to an activating group) is 1. The van der Waals surface area contributed by atoms with Crippen LogP contribution in [-0.4, -0.2) is 38.0 Å². The van der Waals surface area contributed by atoms with Gasteiger partial charge in [-0.3, -0.25) is 9.59 Å². The summed E-state index contributed by atoms with van der Waals surface area (Å²) in [6.45, 7) is 2.97. The minimum absolute atomic E-state index is 0.0253. The van der Waals surface area contributed by atoms with Crippen molar-refractivity contribution >= 4 is 43.3 Å². The third-order valence-electron chi connectivity index (χ3n) is 3.78.